The van der Waals surface area contributed by atoms with Crippen molar-refractivity contribution in [2.45, 2.75) is 13.8 Å². The van der Waals surface area contributed by atoms with Crippen LogP contribution in [0.25, 0.3) is 10.2 Å². The van der Waals surface area contributed by atoms with Crippen LogP contribution in [0.3, 0.4) is 0 Å². The Kier molecular flexibility index (Phi) is 3.45. The largest absolute Gasteiger partial charge is 0.365 e. The minimum Gasteiger partial charge on any atom is -0.365 e. The Bertz CT molecular complexity index is 843. The lowest BCUT2D eigenvalue weighted by Crippen LogP contribution is -2.46. The summed E-state index contributed by atoms with van der Waals surface area (Å²) in [6.45, 7) is 8.03. The van der Waals surface area contributed by atoms with Crippen molar-refractivity contribution in [2.75, 3.05) is 36.0 Å². The van der Waals surface area contributed by atoms with Gasteiger partial charge in [-0.05, 0) is 24.8 Å². The van der Waals surface area contributed by atoms with E-state index in [0.717, 1.165) is 42.7 Å². The average Bonchev–Trinajstić information content (AvgIpc) is 3.13. The summed E-state index contributed by atoms with van der Waals surface area (Å²) in [6.07, 6.45) is 4.01. The fourth-order valence-electron chi connectivity index (χ4n) is 3.14. The lowest BCUT2D eigenvalue weighted by Gasteiger charge is -2.36. The molecule has 0 aliphatic carbocycles. The molecule has 0 radical (unpaired) electrons. The van der Waals surface area contributed by atoms with E-state index in [-0.39, 0.29) is 0 Å². The van der Waals surface area contributed by atoms with Crippen LogP contribution >= 0.6 is 11.3 Å². The molecule has 0 aromatic carbocycles. The van der Waals surface area contributed by atoms with E-state index in [1.165, 1.54) is 16.6 Å². The number of anilines is 2. The van der Waals surface area contributed by atoms with E-state index in [1.54, 1.807) is 11.3 Å². The maximum Gasteiger partial charge on any atom is 0.141 e. The molecule has 3 aromatic heterocycles. The van der Waals surface area contributed by atoms with Crippen molar-refractivity contribution >= 4 is 33.1 Å². The lowest BCUT2D eigenvalue weighted by atomic mass is 10.2. The van der Waals surface area contributed by atoms with Gasteiger partial charge >= 0.3 is 0 Å². The SMILES string of the molecule is Cc1nc(N2CCN(c3cnn(C)c3)CC2)c2c(C)csc2n1. The molecule has 0 bridgehead atoms. The number of thiophene rings is 1. The monoisotopic (exact) mass is 328 g/mol. The van der Waals surface area contributed by atoms with Crippen molar-refractivity contribution in [3.63, 3.8) is 0 Å². The fourth-order valence-corrected chi connectivity index (χ4v) is 4.10. The highest BCUT2D eigenvalue weighted by molar-refractivity contribution is 7.17. The van der Waals surface area contributed by atoms with Gasteiger partial charge in [-0.2, -0.15) is 5.10 Å². The van der Waals surface area contributed by atoms with E-state index in [4.69, 9.17) is 4.98 Å². The van der Waals surface area contributed by atoms with Crippen molar-refractivity contribution in [2.24, 2.45) is 7.05 Å². The van der Waals surface area contributed by atoms with Crippen molar-refractivity contribution in [3.05, 3.63) is 29.2 Å². The number of fused-ring (bicyclic) bond motifs is 1. The second-order valence-electron chi connectivity index (χ2n) is 6.04. The Labute approximate surface area is 139 Å². The molecule has 4 rings (SSSR count). The van der Waals surface area contributed by atoms with Crippen LogP contribution in [0.5, 0.6) is 0 Å². The standard InChI is InChI=1S/C16H20N6S/c1-11-10-23-16-14(11)15(18-12(2)19-16)22-6-4-21(5-7-22)13-8-17-20(3)9-13/h8-10H,4-7H2,1-3H3. The Morgan fingerprint density at radius 1 is 1.04 bits per heavy atom. The van der Waals surface area contributed by atoms with E-state index >= 15 is 0 Å². The van der Waals surface area contributed by atoms with Crippen LogP contribution in [-0.4, -0.2) is 45.9 Å². The zero-order valence-corrected chi connectivity index (χ0v) is 14.5. The molecule has 23 heavy (non-hydrogen) atoms. The second kappa shape index (κ2) is 5.49. The van der Waals surface area contributed by atoms with Crippen LogP contribution < -0.4 is 9.80 Å². The molecule has 0 unspecified atom stereocenters. The summed E-state index contributed by atoms with van der Waals surface area (Å²) < 4.78 is 1.85. The van der Waals surface area contributed by atoms with Crippen molar-refractivity contribution in [3.8, 4) is 0 Å². The Hall–Kier alpha value is -2.15. The van der Waals surface area contributed by atoms with Crippen molar-refractivity contribution < 1.29 is 0 Å². The molecule has 6 nitrogen and oxygen atoms in total. The molecule has 7 heteroatoms. The molecule has 0 atom stereocenters. The Morgan fingerprint density at radius 2 is 1.78 bits per heavy atom. The summed E-state index contributed by atoms with van der Waals surface area (Å²) in [5.41, 5.74) is 2.47. The Balaban J connectivity index is 1.60. The van der Waals surface area contributed by atoms with Gasteiger partial charge in [-0.25, -0.2) is 9.97 Å². The van der Waals surface area contributed by atoms with Crippen LogP contribution in [0.1, 0.15) is 11.4 Å². The molecule has 1 saturated heterocycles. The lowest BCUT2D eigenvalue weighted by molar-refractivity contribution is 0.647. The third-order valence-electron chi connectivity index (χ3n) is 4.35. The molecule has 3 aromatic rings. The first-order valence-corrected chi connectivity index (χ1v) is 8.71. The quantitative estimate of drug-likeness (QED) is 0.723. The van der Waals surface area contributed by atoms with Gasteiger partial charge < -0.3 is 9.80 Å². The molecule has 0 N–H and O–H groups in total. The number of aryl methyl sites for hydroxylation is 3. The normalized spacial score (nSPS) is 15.6. The zero-order chi connectivity index (χ0) is 16.0. The van der Waals surface area contributed by atoms with Crippen LogP contribution in [0.4, 0.5) is 11.5 Å². The van der Waals surface area contributed by atoms with Crippen LogP contribution in [0.15, 0.2) is 17.8 Å². The molecule has 1 fully saturated rings. The number of aromatic nitrogens is 4. The van der Waals surface area contributed by atoms with Crippen LogP contribution in [0.2, 0.25) is 0 Å². The topological polar surface area (TPSA) is 50.1 Å². The molecular formula is C16H20N6S. The number of hydrogen-bond donors (Lipinski definition) is 0. The first kappa shape index (κ1) is 14.4. The summed E-state index contributed by atoms with van der Waals surface area (Å²) >= 11 is 1.71. The van der Waals surface area contributed by atoms with E-state index in [0.29, 0.717) is 0 Å². The molecule has 0 amide bonds. The molecule has 0 saturated carbocycles. The van der Waals surface area contributed by atoms with Crippen molar-refractivity contribution in [1.82, 2.24) is 19.7 Å². The van der Waals surface area contributed by atoms with E-state index in [9.17, 15) is 0 Å². The number of piperazine rings is 1. The predicted octanol–water partition coefficient (Wildman–Crippen LogP) is 2.37. The summed E-state index contributed by atoms with van der Waals surface area (Å²) in [4.78, 5) is 15.2. The molecule has 120 valence electrons. The minimum absolute atomic E-state index is 0.851. The van der Waals surface area contributed by atoms with Gasteiger partial charge in [0.2, 0.25) is 0 Å². The maximum atomic E-state index is 4.75. The summed E-state index contributed by atoms with van der Waals surface area (Å²) in [5.74, 6) is 1.95. The van der Waals surface area contributed by atoms with Gasteiger partial charge in [0.25, 0.3) is 0 Å². The van der Waals surface area contributed by atoms with Gasteiger partial charge in [-0.3, -0.25) is 4.68 Å². The van der Waals surface area contributed by atoms with Gasteiger partial charge in [0, 0.05) is 39.4 Å². The third kappa shape index (κ3) is 2.55. The zero-order valence-electron chi connectivity index (χ0n) is 13.7. The first-order valence-electron chi connectivity index (χ1n) is 7.83. The van der Waals surface area contributed by atoms with Crippen LogP contribution in [-0.2, 0) is 7.05 Å². The van der Waals surface area contributed by atoms with Gasteiger partial charge in [0.05, 0.1) is 17.3 Å². The summed E-state index contributed by atoms with van der Waals surface area (Å²) in [6, 6.07) is 0. The average molecular weight is 328 g/mol. The Morgan fingerprint density at radius 3 is 2.48 bits per heavy atom. The van der Waals surface area contributed by atoms with Gasteiger partial charge in [0.1, 0.15) is 16.5 Å². The predicted molar refractivity (Wildman–Crippen MR) is 94.5 cm³/mol. The van der Waals surface area contributed by atoms with Gasteiger partial charge in [0.15, 0.2) is 0 Å². The van der Waals surface area contributed by atoms with E-state index < -0.39 is 0 Å². The smallest absolute Gasteiger partial charge is 0.141 e. The molecule has 1 aliphatic heterocycles. The number of hydrogen-bond acceptors (Lipinski definition) is 6. The second-order valence-corrected chi connectivity index (χ2v) is 6.90. The third-order valence-corrected chi connectivity index (χ3v) is 5.34. The van der Waals surface area contributed by atoms with Crippen LogP contribution in [0, 0.1) is 13.8 Å². The first-order chi connectivity index (χ1) is 11.1. The molecular weight excluding hydrogens is 308 g/mol. The van der Waals surface area contributed by atoms with E-state index in [1.807, 2.05) is 24.9 Å². The highest BCUT2D eigenvalue weighted by atomic mass is 32.1. The highest BCUT2D eigenvalue weighted by Crippen LogP contribution is 2.32. The minimum atomic E-state index is 0.851. The molecule has 4 heterocycles. The maximum absolute atomic E-state index is 4.75. The molecule has 1 aliphatic rings. The molecule has 0 spiro atoms. The summed E-state index contributed by atoms with van der Waals surface area (Å²) in [5, 5.41) is 7.66. The van der Waals surface area contributed by atoms with Gasteiger partial charge in [-0.1, -0.05) is 0 Å². The van der Waals surface area contributed by atoms with Gasteiger partial charge in [-0.15, -0.1) is 11.3 Å². The highest BCUT2D eigenvalue weighted by Gasteiger charge is 2.22. The summed E-state index contributed by atoms with van der Waals surface area (Å²) in [7, 11) is 1.96. The van der Waals surface area contributed by atoms with E-state index in [2.05, 4.69) is 38.4 Å². The number of rotatable bonds is 2. The van der Waals surface area contributed by atoms with Crippen molar-refractivity contribution in [1.29, 1.82) is 0 Å². The fraction of sp³-hybridized carbons (Fsp3) is 0.438. The number of nitrogens with zero attached hydrogens (tertiary/aromatic N) is 6.